The van der Waals surface area contributed by atoms with Gasteiger partial charge >= 0.3 is 0 Å². The fourth-order valence-electron chi connectivity index (χ4n) is 9.92. The Balaban J connectivity index is 1.06. The van der Waals surface area contributed by atoms with E-state index in [9.17, 15) is 0 Å². The average Bonchev–Trinajstić information content (AvgIpc) is 3.94. The van der Waals surface area contributed by atoms with Gasteiger partial charge in [-0.2, -0.15) is 0 Å². The summed E-state index contributed by atoms with van der Waals surface area (Å²) < 4.78 is 9.48. The van der Waals surface area contributed by atoms with Crippen LogP contribution in [0.1, 0.15) is 0 Å². The standard InChI is InChI=1S/C62H39NOS/c1-3-16-41(17-4-1)49-22-11-12-23-50(49)47-30-34-59-55(37-47)53-32-31-48(39-60(53)65-59)63(61-51-24-10-9-21-46(51)38-56-52-25-13-14-26-58(52)64-62(56)61)57-33-29-45(36-54(57)42-18-5-2-6-19-42)44-28-27-40-15-7-8-20-43(40)35-44/h1-39H. The van der Waals surface area contributed by atoms with E-state index in [4.69, 9.17) is 4.42 Å². The Morgan fingerprint density at radius 1 is 0.323 bits per heavy atom. The van der Waals surface area contributed by atoms with E-state index in [1.807, 2.05) is 11.3 Å². The van der Waals surface area contributed by atoms with Gasteiger partial charge in [-0.15, -0.1) is 11.3 Å². The van der Waals surface area contributed by atoms with Crippen molar-refractivity contribution in [3.63, 3.8) is 0 Å². The monoisotopic (exact) mass is 845 g/mol. The van der Waals surface area contributed by atoms with Crippen molar-refractivity contribution in [3.8, 4) is 44.5 Å². The van der Waals surface area contributed by atoms with E-state index in [0.29, 0.717) is 0 Å². The lowest BCUT2D eigenvalue weighted by molar-refractivity contribution is 0.669. The Bertz CT molecular complexity index is 3960. The van der Waals surface area contributed by atoms with Crippen molar-refractivity contribution in [1.29, 1.82) is 0 Å². The average molecular weight is 846 g/mol. The van der Waals surface area contributed by atoms with Crippen LogP contribution in [-0.4, -0.2) is 0 Å². The Labute approximate surface area is 380 Å². The molecule has 2 aromatic heterocycles. The summed E-state index contributed by atoms with van der Waals surface area (Å²) in [5.74, 6) is 0. The number of thiophene rings is 1. The topological polar surface area (TPSA) is 16.4 Å². The summed E-state index contributed by atoms with van der Waals surface area (Å²) in [6.45, 7) is 0. The highest BCUT2D eigenvalue weighted by atomic mass is 32.1. The second-order valence-electron chi connectivity index (χ2n) is 16.8. The van der Waals surface area contributed by atoms with Crippen LogP contribution in [0.4, 0.5) is 17.1 Å². The van der Waals surface area contributed by atoms with E-state index in [2.05, 4.69) is 241 Å². The van der Waals surface area contributed by atoms with Crippen LogP contribution >= 0.6 is 11.3 Å². The van der Waals surface area contributed by atoms with Crippen LogP contribution in [-0.2, 0) is 0 Å². The normalized spacial score (nSPS) is 11.7. The molecule has 0 spiro atoms. The Morgan fingerprint density at radius 2 is 0.954 bits per heavy atom. The molecule has 0 unspecified atom stereocenters. The van der Waals surface area contributed by atoms with E-state index in [-0.39, 0.29) is 0 Å². The molecule has 0 radical (unpaired) electrons. The van der Waals surface area contributed by atoms with Gasteiger partial charge in [0.05, 0.1) is 11.4 Å². The fraction of sp³-hybridized carbons (Fsp3) is 0. The van der Waals surface area contributed by atoms with E-state index < -0.39 is 0 Å². The van der Waals surface area contributed by atoms with Crippen molar-refractivity contribution in [2.45, 2.75) is 0 Å². The van der Waals surface area contributed by atoms with Gasteiger partial charge in [0, 0.05) is 47.6 Å². The Hall–Kier alpha value is -8.24. The van der Waals surface area contributed by atoms with E-state index in [1.54, 1.807) is 0 Å². The molecular formula is C62H39NOS. The zero-order valence-corrected chi connectivity index (χ0v) is 36.1. The number of benzene rings is 11. The van der Waals surface area contributed by atoms with E-state index in [0.717, 1.165) is 66.5 Å². The molecule has 0 aliphatic carbocycles. The molecule has 2 nitrogen and oxygen atoms in total. The minimum absolute atomic E-state index is 0.862. The molecule has 3 heteroatoms. The van der Waals surface area contributed by atoms with Gasteiger partial charge in [0.2, 0.25) is 0 Å². The SMILES string of the molecule is c1ccc(-c2ccccc2-c2ccc3sc4cc(N(c5ccc(-c6ccc7ccccc7c6)cc5-c5ccccc5)c5c6ccccc6cc6c5oc5ccccc56)ccc4c3c2)cc1. The van der Waals surface area contributed by atoms with Gasteiger partial charge in [0.25, 0.3) is 0 Å². The lowest BCUT2D eigenvalue weighted by Gasteiger charge is -2.29. The summed E-state index contributed by atoms with van der Waals surface area (Å²) in [5.41, 5.74) is 14.4. The molecule has 65 heavy (non-hydrogen) atoms. The third-order valence-corrected chi connectivity index (χ3v) is 14.2. The molecule has 304 valence electrons. The maximum atomic E-state index is 6.99. The molecule has 0 saturated carbocycles. The minimum Gasteiger partial charge on any atom is -0.454 e. The van der Waals surface area contributed by atoms with Crippen molar-refractivity contribution in [1.82, 2.24) is 0 Å². The van der Waals surface area contributed by atoms with Crippen LogP contribution in [0.15, 0.2) is 241 Å². The third kappa shape index (κ3) is 6.31. The molecule has 0 bridgehead atoms. The van der Waals surface area contributed by atoms with Gasteiger partial charge < -0.3 is 9.32 Å². The summed E-state index contributed by atoms with van der Waals surface area (Å²) in [7, 11) is 0. The number of fused-ring (bicyclic) bond motifs is 8. The minimum atomic E-state index is 0.862. The molecule has 13 aromatic rings. The first-order valence-corrected chi connectivity index (χ1v) is 23.0. The fourth-order valence-corrected chi connectivity index (χ4v) is 11.0. The maximum Gasteiger partial charge on any atom is 0.160 e. The van der Waals surface area contributed by atoms with Crippen LogP contribution in [0, 0.1) is 0 Å². The molecule has 0 atom stereocenters. The number of hydrogen-bond acceptors (Lipinski definition) is 3. The van der Waals surface area contributed by atoms with Gasteiger partial charge in [0.15, 0.2) is 5.58 Å². The zero-order chi connectivity index (χ0) is 42.8. The van der Waals surface area contributed by atoms with Gasteiger partial charge in [-0.3, -0.25) is 0 Å². The summed E-state index contributed by atoms with van der Waals surface area (Å²) in [4.78, 5) is 2.46. The van der Waals surface area contributed by atoms with E-state index in [1.165, 1.54) is 58.8 Å². The molecule has 11 aromatic carbocycles. The van der Waals surface area contributed by atoms with Gasteiger partial charge in [-0.05, 0) is 110 Å². The van der Waals surface area contributed by atoms with Crippen molar-refractivity contribution >= 4 is 92.1 Å². The Kier molecular flexibility index (Phi) is 8.75. The molecule has 0 fully saturated rings. The third-order valence-electron chi connectivity index (χ3n) is 13.0. The number of para-hydroxylation sites is 1. The highest BCUT2D eigenvalue weighted by Gasteiger charge is 2.26. The largest absolute Gasteiger partial charge is 0.454 e. The number of anilines is 3. The van der Waals surface area contributed by atoms with Crippen LogP contribution in [0.3, 0.4) is 0 Å². The quantitative estimate of drug-likeness (QED) is 0.159. The lowest BCUT2D eigenvalue weighted by atomic mass is 9.93. The Morgan fingerprint density at radius 3 is 1.77 bits per heavy atom. The van der Waals surface area contributed by atoms with Crippen molar-refractivity contribution in [2.24, 2.45) is 0 Å². The van der Waals surface area contributed by atoms with Gasteiger partial charge in [-0.1, -0.05) is 182 Å². The highest BCUT2D eigenvalue weighted by molar-refractivity contribution is 7.25. The summed E-state index contributed by atoms with van der Waals surface area (Å²) in [6.07, 6.45) is 0. The second kappa shape index (κ2) is 15.2. The first kappa shape index (κ1) is 37.3. The summed E-state index contributed by atoms with van der Waals surface area (Å²) in [5, 5.41) is 9.45. The second-order valence-corrected chi connectivity index (χ2v) is 17.9. The lowest BCUT2D eigenvalue weighted by Crippen LogP contribution is -2.12. The van der Waals surface area contributed by atoms with Crippen molar-refractivity contribution in [3.05, 3.63) is 237 Å². The first-order chi connectivity index (χ1) is 32.2. The van der Waals surface area contributed by atoms with Gasteiger partial charge in [-0.25, -0.2) is 0 Å². The number of hydrogen-bond donors (Lipinski definition) is 0. The summed E-state index contributed by atoms with van der Waals surface area (Å²) in [6, 6.07) is 86.0. The molecule has 0 amide bonds. The summed E-state index contributed by atoms with van der Waals surface area (Å²) >= 11 is 1.85. The van der Waals surface area contributed by atoms with E-state index >= 15 is 0 Å². The molecule has 2 heterocycles. The van der Waals surface area contributed by atoms with Crippen LogP contribution < -0.4 is 4.90 Å². The molecule has 0 saturated heterocycles. The maximum absolute atomic E-state index is 6.99. The molecule has 0 aliphatic rings. The first-order valence-electron chi connectivity index (χ1n) is 22.1. The highest BCUT2D eigenvalue weighted by Crippen LogP contribution is 2.51. The molecule has 0 N–H and O–H groups in total. The van der Waals surface area contributed by atoms with Gasteiger partial charge in [0.1, 0.15) is 5.58 Å². The van der Waals surface area contributed by atoms with Crippen molar-refractivity contribution in [2.75, 3.05) is 4.90 Å². The van der Waals surface area contributed by atoms with Crippen molar-refractivity contribution < 1.29 is 4.42 Å². The zero-order valence-electron chi connectivity index (χ0n) is 35.3. The number of nitrogens with zero attached hydrogens (tertiary/aromatic N) is 1. The molecule has 0 aliphatic heterocycles. The molecular weight excluding hydrogens is 807 g/mol. The predicted octanol–water partition coefficient (Wildman–Crippen LogP) is 18.4. The van der Waals surface area contributed by atoms with Crippen LogP contribution in [0.5, 0.6) is 0 Å². The van der Waals surface area contributed by atoms with Crippen LogP contribution in [0.2, 0.25) is 0 Å². The number of furan rings is 1. The number of rotatable bonds is 7. The molecule has 13 rings (SSSR count). The smallest absolute Gasteiger partial charge is 0.160 e. The van der Waals surface area contributed by atoms with Crippen LogP contribution in [0.25, 0.3) is 108 Å². The predicted molar refractivity (Wildman–Crippen MR) is 278 cm³/mol.